The fraction of sp³-hybridized carbons (Fsp3) is 0.286. The van der Waals surface area contributed by atoms with E-state index in [-0.39, 0.29) is 67.5 Å². The molecule has 21 heteroatoms. The van der Waals surface area contributed by atoms with Gasteiger partial charge in [0.25, 0.3) is 17.9 Å². The van der Waals surface area contributed by atoms with Crippen molar-refractivity contribution in [3.63, 3.8) is 0 Å². The van der Waals surface area contributed by atoms with Crippen molar-refractivity contribution in [3.05, 3.63) is 104 Å². The van der Waals surface area contributed by atoms with Gasteiger partial charge in [0.15, 0.2) is 5.82 Å². The fourth-order valence-corrected chi connectivity index (χ4v) is 8.30. The van der Waals surface area contributed by atoms with Crippen molar-refractivity contribution in [2.24, 2.45) is 13.0 Å². The number of carbonyl (C=O) groups is 1. The minimum Gasteiger partial charge on any atom is -0.508 e. The minimum absolute atomic E-state index is 0.00889. The van der Waals surface area contributed by atoms with Crippen LogP contribution in [0.3, 0.4) is 0 Å². The Morgan fingerprint density at radius 3 is 2.48 bits per heavy atom. The van der Waals surface area contributed by atoms with Crippen LogP contribution in [0.25, 0.3) is 27.5 Å². The summed E-state index contributed by atoms with van der Waals surface area (Å²) in [6, 6.07) is 7.31. The summed E-state index contributed by atoms with van der Waals surface area (Å²) < 4.78 is 117. The molecule has 2 unspecified atom stereocenters. The van der Waals surface area contributed by atoms with Gasteiger partial charge < -0.3 is 10.4 Å². The number of rotatable bonds is 10. The Balaban J connectivity index is 1.32. The van der Waals surface area contributed by atoms with Gasteiger partial charge in [-0.05, 0) is 54.3 Å². The Kier molecular flexibility index (Phi) is 8.64. The highest BCUT2D eigenvalue weighted by molar-refractivity contribution is 7.92. The quantitative estimate of drug-likeness (QED) is 0.148. The van der Waals surface area contributed by atoms with Gasteiger partial charge in [0, 0.05) is 37.1 Å². The maximum absolute atomic E-state index is 15.4. The first kappa shape index (κ1) is 37.3. The number of anilines is 1. The number of phenols is 1. The Morgan fingerprint density at radius 1 is 1.09 bits per heavy atom. The molecule has 3 aromatic carbocycles. The molecule has 292 valence electrons. The third-order valence-electron chi connectivity index (χ3n) is 9.79. The van der Waals surface area contributed by atoms with E-state index in [9.17, 15) is 40.7 Å². The number of nitrogens with zero attached hydrogens (tertiary/aromatic N) is 6. The summed E-state index contributed by atoms with van der Waals surface area (Å²) in [6.07, 6.45) is -2.82. The van der Waals surface area contributed by atoms with Crippen LogP contribution in [0.2, 0.25) is 5.02 Å². The van der Waals surface area contributed by atoms with Crippen molar-refractivity contribution in [2.75, 3.05) is 11.0 Å². The number of aromatic nitrogens is 6. The molecule has 0 saturated heterocycles. The van der Waals surface area contributed by atoms with Gasteiger partial charge in [-0.2, -0.15) is 19.0 Å². The minimum atomic E-state index is -3.90. The largest absolute Gasteiger partial charge is 0.508 e. The van der Waals surface area contributed by atoms with E-state index in [1.54, 1.807) is 0 Å². The molecule has 6 aromatic rings. The third-order valence-corrected chi connectivity index (χ3v) is 10.7. The van der Waals surface area contributed by atoms with Crippen molar-refractivity contribution >= 4 is 55.2 Å². The molecule has 3 N–H and O–H groups in total. The zero-order chi connectivity index (χ0) is 40.2. The summed E-state index contributed by atoms with van der Waals surface area (Å²) in [6.45, 7) is -0.996. The standard InChI is InChI=1S/C35H27ClF6N8O5S/c1-48-29-24(6-5-21(36)27(29)32(46-48)47-56(2,54)55)50-33(44-22-11-17(51)3-4-18(22)34(50)53)23(9-14-7-15(37)10-16(38)8-14)43-25(52)13-49-30-26(28(45-49)31(39)40)19-12-20(19)35(30,41)42/h3-8,10-11,19-20,23,31,51H,9,12-13H2,1-2H3,(H,43,52)(H,46,47)/t19?,20?,23-/m0/s1. The van der Waals surface area contributed by atoms with Crippen LogP contribution in [0.4, 0.5) is 32.2 Å². The highest BCUT2D eigenvalue weighted by Crippen LogP contribution is 2.68. The molecular weight excluding hydrogens is 794 g/mol. The molecule has 0 spiro atoms. The van der Waals surface area contributed by atoms with E-state index in [2.05, 4.69) is 25.2 Å². The molecule has 3 aromatic heterocycles. The molecule has 56 heavy (non-hydrogen) atoms. The summed E-state index contributed by atoms with van der Waals surface area (Å²) in [4.78, 5) is 33.1. The molecule has 3 atom stereocenters. The molecule has 0 aliphatic heterocycles. The highest BCUT2D eigenvalue weighted by Gasteiger charge is 2.67. The van der Waals surface area contributed by atoms with Crippen molar-refractivity contribution in [3.8, 4) is 11.4 Å². The number of carbonyl (C=O) groups excluding carboxylic acids is 1. The van der Waals surface area contributed by atoms with Crippen LogP contribution in [0.1, 0.15) is 53.1 Å². The molecular formula is C35H27ClF6N8O5S. The zero-order valence-corrected chi connectivity index (χ0v) is 30.4. The lowest BCUT2D eigenvalue weighted by molar-refractivity contribution is -0.123. The number of aromatic hydroxyl groups is 1. The predicted molar refractivity (Wildman–Crippen MR) is 190 cm³/mol. The summed E-state index contributed by atoms with van der Waals surface area (Å²) >= 11 is 6.54. The monoisotopic (exact) mass is 820 g/mol. The summed E-state index contributed by atoms with van der Waals surface area (Å²) in [5.41, 5.74) is -2.85. The van der Waals surface area contributed by atoms with Crippen LogP contribution in [0.5, 0.6) is 5.75 Å². The Hall–Kier alpha value is -5.63. The number of sulfonamides is 1. The topological polar surface area (TPSA) is 166 Å². The molecule has 3 heterocycles. The average Bonchev–Trinajstić information content (AvgIpc) is 3.63. The van der Waals surface area contributed by atoms with Crippen LogP contribution in [-0.2, 0) is 40.8 Å². The number of phenolic OH excluding ortho intramolecular Hbond substituents is 1. The van der Waals surface area contributed by atoms with Crippen molar-refractivity contribution in [1.29, 1.82) is 0 Å². The Labute approximate surface area is 316 Å². The number of amides is 1. The Morgan fingerprint density at radius 2 is 1.80 bits per heavy atom. The van der Waals surface area contributed by atoms with Gasteiger partial charge in [-0.3, -0.25) is 28.2 Å². The predicted octanol–water partition coefficient (Wildman–Crippen LogP) is 5.72. The summed E-state index contributed by atoms with van der Waals surface area (Å²) in [5.74, 6) is -9.48. The maximum atomic E-state index is 15.4. The number of fused-ring (bicyclic) bond motifs is 5. The van der Waals surface area contributed by atoms with Crippen molar-refractivity contribution in [1.82, 2.24) is 34.4 Å². The van der Waals surface area contributed by atoms with Gasteiger partial charge in [0.05, 0.1) is 44.8 Å². The van der Waals surface area contributed by atoms with Crippen LogP contribution < -0.4 is 15.6 Å². The molecule has 0 radical (unpaired) electrons. The molecule has 0 bridgehead atoms. The second-order valence-electron chi connectivity index (χ2n) is 13.7. The lowest BCUT2D eigenvalue weighted by Gasteiger charge is -2.24. The number of hydrogen-bond donors (Lipinski definition) is 3. The number of alkyl halides is 4. The molecule has 1 fully saturated rings. The van der Waals surface area contributed by atoms with E-state index >= 15 is 8.78 Å². The fourth-order valence-electron chi connectivity index (χ4n) is 7.57. The van der Waals surface area contributed by atoms with Gasteiger partial charge in [-0.25, -0.2) is 31.0 Å². The van der Waals surface area contributed by atoms with Crippen LogP contribution >= 0.6 is 11.6 Å². The van der Waals surface area contributed by atoms with Crippen molar-refractivity contribution < 1.29 is 44.7 Å². The van der Waals surface area contributed by atoms with E-state index in [1.165, 1.54) is 36.0 Å². The van der Waals surface area contributed by atoms with E-state index in [0.29, 0.717) is 10.7 Å². The van der Waals surface area contributed by atoms with E-state index in [1.807, 2.05) is 0 Å². The lowest BCUT2D eigenvalue weighted by atomic mass is 10.0. The normalized spacial score (nSPS) is 17.7. The van der Waals surface area contributed by atoms with Gasteiger partial charge in [-0.15, -0.1) is 0 Å². The summed E-state index contributed by atoms with van der Waals surface area (Å²) in [7, 11) is -2.47. The lowest BCUT2D eigenvalue weighted by Crippen LogP contribution is -2.38. The Bertz CT molecular complexity index is 2810. The van der Waals surface area contributed by atoms with Crippen LogP contribution in [0, 0.1) is 17.6 Å². The maximum Gasteiger partial charge on any atom is 0.293 e. The van der Waals surface area contributed by atoms with Crippen LogP contribution in [-0.4, -0.2) is 54.8 Å². The number of halogens is 7. The zero-order valence-electron chi connectivity index (χ0n) is 28.9. The van der Waals surface area contributed by atoms with Gasteiger partial charge in [-0.1, -0.05) is 11.6 Å². The van der Waals surface area contributed by atoms with Crippen LogP contribution in [0.15, 0.2) is 53.3 Å². The number of benzene rings is 3. The second-order valence-corrected chi connectivity index (χ2v) is 15.9. The van der Waals surface area contributed by atoms with Gasteiger partial charge >= 0.3 is 0 Å². The number of aryl methyl sites for hydroxylation is 1. The van der Waals surface area contributed by atoms with E-state index < -0.39 is 87.7 Å². The molecule has 8 rings (SSSR count). The molecule has 1 saturated carbocycles. The third kappa shape index (κ3) is 6.29. The molecule has 2 aliphatic carbocycles. The van der Waals surface area contributed by atoms with Crippen molar-refractivity contribution in [2.45, 2.75) is 43.7 Å². The van der Waals surface area contributed by atoms with E-state index in [0.717, 1.165) is 29.0 Å². The SMILES string of the molecule is Cn1nc(NS(C)(=O)=O)c2c(Cl)ccc(-n3c([C@H](Cc4cc(F)cc(F)c4)NC(=O)Cn4nc(C(F)F)c5c4C(F)(F)C4CC54)nc4cc(O)ccc4c3=O)c21. The van der Waals surface area contributed by atoms with E-state index in [4.69, 9.17) is 11.6 Å². The number of nitrogens with one attached hydrogen (secondary N) is 2. The summed E-state index contributed by atoms with van der Waals surface area (Å²) in [5, 5.41) is 20.8. The van der Waals surface area contributed by atoms with Gasteiger partial charge in [0.1, 0.15) is 41.1 Å². The highest BCUT2D eigenvalue weighted by atomic mass is 35.5. The first-order chi connectivity index (χ1) is 26.3. The molecule has 2 aliphatic rings. The average molecular weight is 821 g/mol. The smallest absolute Gasteiger partial charge is 0.293 e. The number of hydrogen-bond acceptors (Lipinski definition) is 8. The molecule has 13 nitrogen and oxygen atoms in total. The second kappa shape index (κ2) is 13.0. The first-order valence-corrected chi connectivity index (χ1v) is 19.0. The first-order valence-electron chi connectivity index (χ1n) is 16.7. The molecule has 1 amide bonds. The van der Waals surface area contributed by atoms with Gasteiger partial charge in [0.2, 0.25) is 15.9 Å².